The van der Waals surface area contributed by atoms with Gasteiger partial charge in [-0.05, 0) is 58.8 Å². The Morgan fingerprint density at radius 3 is 2.44 bits per heavy atom. The number of rotatable bonds is 11. The number of hydrogen-bond donors (Lipinski definition) is 2. The molecule has 0 saturated carbocycles. The van der Waals surface area contributed by atoms with Crippen molar-refractivity contribution >= 4 is 5.91 Å². The fraction of sp³-hybridized carbons (Fsp3) is 0.929. The van der Waals surface area contributed by atoms with Crippen LogP contribution in [0.15, 0.2) is 0 Å². The van der Waals surface area contributed by atoms with Gasteiger partial charge in [-0.2, -0.15) is 0 Å². The van der Waals surface area contributed by atoms with Gasteiger partial charge in [-0.1, -0.05) is 13.8 Å². The van der Waals surface area contributed by atoms with E-state index in [1.807, 2.05) is 0 Å². The third-order valence-corrected chi connectivity index (χ3v) is 3.27. The Kier molecular flexibility index (Phi) is 11.1. The summed E-state index contributed by atoms with van der Waals surface area (Å²) in [6.45, 7) is 10.5. The summed E-state index contributed by atoms with van der Waals surface area (Å²) in [6, 6.07) is 0.283. The van der Waals surface area contributed by atoms with Crippen LogP contribution >= 0.6 is 0 Å². The summed E-state index contributed by atoms with van der Waals surface area (Å²) in [5, 5.41) is 3.05. The molecule has 0 bridgehead atoms. The maximum absolute atomic E-state index is 11.6. The van der Waals surface area contributed by atoms with E-state index in [0.717, 1.165) is 45.3 Å². The van der Waals surface area contributed by atoms with Gasteiger partial charge in [-0.25, -0.2) is 0 Å². The van der Waals surface area contributed by atoms with Crippen LogP contribution < -0.4 is 11.1 Å². The van der Waals surface area contributed by atoms with Gasteiger partial charge in [0.2, 0.25) is 5.91 Å². The minimum Gasteiger partial charge on any atom is -0.354 e. The van der Waals surface area contributed by atoms with Crippen LogP contribution in [0.5, 0.6) is 0 Å². The first kappa shape index (κ1) is 17.4. The minimum atomic E-state index is 0.166. The number of carbonyl (C=O) groups is 1. The second-order valence-corrected chi connectivity index (χ2v) is 4.88. The largest absolute Gasteiger partial charge is 0.354 e. The van der Waals surface area contributed by atoms with Crippen molar-refractivity contribution in [2.75, 3.05) is 26.2 Å². The van der Waals surface area contributed by atoms with Gasteiger partial charge in [0, 0.05) is 12.5 Å². The molecule has 0 aliphatic carbocycles. The first-order chi connectivity index (χ1) is 8.63. The lowest BCUT2D eigenvalue weighted by Gasteiger charge is -2.19. The highest BCUT2D eigenvalue weighted by molar-refractivity contribution is 5.76. The summed E-state index contributed by atoms with van der Waals surface area (Å²) in [6.07, 6.45) is 4.64. The van der Waals surface area contributed by atoms with Gasteiger partial charge >= 0.3 is 0 Å². The second-order valence-electron chi connectivity index (χ2n) is 4.88. The molecule has 0 radical (unpaired) electrons. The molecular formula is C14H31N3O. The summed E-state index contributed by atoms with van der Waals surface area (Å²) in [4.78, 5) is 14.0. The van der Waals surface area contributed by atoms with Gasteiger partial charge in [0.15, 0.2) is 0 Å². The van der Waals surface area contributed by atoms with E-state index >= 15 is 0 Å². The molecule has 18 heavy (non-hydrogen) atoms. The summed E-state index contributed by atoms with van der Waals surface area (Å²) >= 11 is 0. The third-order valence-electron chi connectivity index (χ3n) is 3.27. The Morgan fingerprint density at radius 1 is 1.22 bits per heavy atom. The number of nitrogens with one attached hydrogen (secondary N) is 1. The number of carbonyl (C=O) groups excluding carboxylic acids is 1. The highest BCUT2D eigenvalue weighted by atomic mass is 16.1. The Balaban J connectivity index is 3.57. The summed E-state index contributed by atoms with van der Waals surface area (Å²) in [5.74, 6) is 0.166. The predicted molar refractivity (Wildman–Crippen MR) is 77.5 cm³/mol. The lowest BCUT2D eigenvalue weighted by molar-refractivity contribution is -0.121. The monoisotopic (exact) mass is 257 g/mol. The summed E-state index contributed by atoms with van der Waals surface area (Å²) in [5.41, 5.74) is 5.40. The van der Waals surface area contributed by atoms with E-state index in [1.54, 1.807) is 0 Å². The lowest BCUT2D eigenvalue weighted by Crippen LogP contribution is -2.33. The van der Waals surface area contributed by atoms with E-state index in [1.165, 1.54) is 0 Å². The molecule has 1 amide bonds. The van der Waals surface area contributed by atoms with Crippen LogP contribution in [0.25, 0.3) is 0 Å². The van der Waals surface area contributed by atoms with Crippen molar-refractivity contribution < 1.29 is 4.79 Å². The first-order valence-electron chi connectivity index (χ1n) is 7.35. The van der Waals surface area contributed by atoms with Crippen molar-refractivity contribution in [3.63, 3.8) is 0 Å². The van der Waals surface area contributed by atoms with Crippen molar-refractivity contribution in [2.24, 2.45) is 5.73 Å². The maximum atomic E-state index is 11.6. The van der Waals surface area contributed by atoms with Gasteiger partial charge in [0.05, 0.1) is 0 Å². The molecule has 0 aromatic carbocycles. The van der Waals surface area contributed by atoms with Crippen LogP contribution in [0.2, 0.25) is 0 Å². The molecule has 0 rings (SSSR count). The number of nitrogens with two attached hydrogens (primary N) is 1. The molecular weight excluding hydrogens is 226 g/mol. The molecule has 108 valence electrons. The SMILES string of the molecule is CCN(CC)CCCC(C)NC(=O)CCCCN. The molecule has 3 N–H and O–H groups in total. The second kappa shape index (κ2) is 11.5. The maximum Gasteiger partial charge on any atom is 0.220 e. The van der Waals surface area contributed by atoms with E-state index in [4.69, 9.17) is 5.73 Å². The standard InChI is InChI=1S/C14H31N3O/c1-4-17(5-2)12-8-9-13(3)16-14(18)10-6-7-11-15/h13H,4-12,15H2,1-3H3,(H,16,18). The lowest BCUT2D eigenvalue weighted by atomic mass is 10.1. The van der Waals surface area contributed by atoms with Gasteiger partial charge in [0.1, 0.15) is 0 Å². The van der Waals surface area contributed by atoms with Crippen LogP contribution in [-0.4, -0.2) is 43.0 Å². The number of amides is 1. The molecule has 1 atom stereocenters. The average molecular weight is 257 g/mol. The van der Waals surface area contributed by atoms with Crippen LogP contribution in [0, 0.1) is 0 Å². The van der Waals surface area contributed by atoms with Crippen molar-refractivity contribution in [3.8, 4) is 0 Å². The smallest absolute Gasteiger partial charge is 0.220 e. The molecule has 1 unspecified atom stereocenters. The predicted octanol–water partition coefficient (Wildman–Crippen LogP) is 1.74. The summed E-state index contributed by atoms with van der Waals surface area (Å²) in [7, 11) is 0. The van der Waals surface area contributed by atoms with E-state index in [9.17, 15) is 4.79 Å². The fourth-order valence-corrected chi connectivity index (χ4v) is 2.01. The zero-order chi connectivity index (χ0) is 13.8. The number of nitrogens with zero attached hydrogens (tertiary/aromatic N) is 1. The van der Waals surface area contributed by atoms with E-state index in [2.05, 4.69) is 31.0 Å². The first-order valence-corrected chi connectivity index (χ1v) is 7.35. The van der Waals surface area contributed by atoms with Crippen LogP contribution in [0.3, 0.4) is 0 Å². The molecule has 0 aromatic heterocycles. The van der Waals surface area contributed by atoms with Crippen LogP contribution in [0.1, 0.15) is 52.9 Å². The van der Waals surface area contributed by atoms with Gasteiger partial charge in [-0.3, -0.25) is 4.79 Å². The summed E-state index contributed by atoms with van der Waals surface area (Å²) < 4.78 is 0. The molecule has 4 heteroatoms. The zero-order valence-corrected chi connectivity index (χ0v) is 12.4. The van der Waals surface area contributed by atoms with Gasteiger partial charge in [0.25, 0.3) is 0 Å². The quantitative estimate of drug-likeness (QED) is 0.554. The van der Waals surface area contributed by atoms with E-state index in [0.29, 0.717) is 13.0 Å². The molecule has 4 nitrogen and oxygen atoms in total. The molecule has 0 aliphatic heterocycles. The molecule has 0 fully saturated rings. The Morgan fingerprint density at radius 2 is 1.89 bits per heavy atom. The van der Waals surface area contributed by atoms with Crippen molar-refractivity contribution in [1.29, 1.82) is 0 Å². The van der Waals surface area contributed by atoms with E-state index < -0.39 is 0 Å². The molecule has 0 aromatic rings. The van der Waals surface area contributed by atoms with Gasteiger partial charge in [-0.15, -0.1) is 0 Å². The zero-order valence-electron chi connectivity index (χ0n) is 12.4. The van der Waals surface area contributed by atoms with Crippen molar-refractivity contribution in [3.05, 3.63) is 0 Å². The highest BCUT2D eigenvalue weighted by Gasteiger charge is 2.07. The normalized spacial score (nSPS) is 12.7. The number of unbranched alkanes of at least 4 members (excludes halogenated alkanes) is 1. The third kappa shape index (κ3) is 9.42. The topological polar surface area (TPSA) is 58.4 Å². The van der Waals surface area contributed by atoms with Crippen molar-refractivity contribution in [2.45, 2.75) is 58.9 Å². The van der Waals surface area contributed by atoms with E-state index in [-0.39, 0.29) is 11.9 Å². The number of hydrogen-bond acceptors (Lipinski definition) is 3. The Hall–Kier alpha value is -0.610. The van der Waals surface area contributed by atoms with Crippen LogP contribution in [0.4, 0.5) is 0 Å². The fourth-order valence-electron chi connectivity index (χ4n) is 2.01. The molecule has 0 spiro atoms. The molecule has 0 heterocycles. The minimum absolute atomic E-state index is 0.166. The van der Waals surface area contributed by atoms with Gasteiger partial charge < -0.3 is 16.0 Å². The van der Waals surface area contributed by atoms with Crippen molar-refractivity contribution in [1.82, 2.24) is 10.2 Å². The molecule has 0 aliphatic rings. The Labute approximate surface area is 112 Å². The average Bonchev–Trinajstić information content (AvgIpc) is 2.35. The Bertz CT molecular complexity index is 205. The highest BCUT2D eigenvalue weighted by Crippen LogP contribution is 2.01. The molecule has 0 saturated heterocycles. The van der Waals surface area contributed by atoms with Crippen LogP contribution in [-0.2, 0) is 4.79 Å².